The maximum atomic E-state index is 12.1. The van der Waals surface area contributed by atoms with Crippen molar-refractivity contribution in [2.45, 2.75) is 6.92 Å². The fourth-order valence-electron chi connectivity index (χ4n) is 3.26. The van der Waals surface area contributed by atoms with Crippen molar-refractivity contribution in [1.29, 1.82) is 0 Å². The van der Waals surface area contributed by atoms with E-state index in [2.05, 4.69) is 25.3 Å². The van der Waals surface area contributed by atoms with E-state index in [0.717, 1.165) is 38.6 Å². The van der Waals surface area contributed by atoms with E-state index in [1.165, 1.54) is 0 Å². The number of rotatable bonds is 2. The molecule has 0 aliphatic carbocycles. The van der Waals surface area contributed by atoms with Crippen LogP contribution >= 0.6 is 0 Å². The van der Waals surface area contributed by atoms with Gasteiger partial charge in [0, 0.05) is 52.3 Å². The minimum absolute atomic E-state index is 0.165. The largest absolute Gasteiger partial charge is 0.348 e. The average molecular weight is 342 g/mol. The molecule has 5 rings (SSSR count). The van der Waals surface area contributed by atoms with E-state index in [4.69, 9.17) is 4.98 Å². The number of hydrogen-bond donors (Lipinski definition) is 3. The van der Waals surface area contributed by atoms with Crippen molar-refractivity contribution >= 4 is 44.2 Å². The van der Waals surface area contributed by atoms with Crippen LogP contribution in [0.15, 0.2) is 53.8 Å². The monoisotopic (exact) mass is 342 g/mol. The van der Waals surface area contributed by atoms with E-state index >= 15 is 0 Å². The van der Waals surface area contributed by atoms with Gasteiger partial charge in [0.2, 0.25) is 0 Å². The van der Waals surface area contributed by atoms with Crippen molar-refractivity contribution in [2.75, 3.05) is 5.32 Å². The van der Waals surface area contributed by atoms with Crippen molar-refractivity contribution in [2.24, 2.45) is 0 Å². The van der Waals surface area contributed by atoms with Crippen LogP contribution in [-0.4, -0.2) is 24.9 Å². The molecular formula is C19H14N6O. The Morgan fingerprint density at radius 2 is 1.96 bits per heavy atom. The Kier molecular flexibility index (Phi) is 3.02. The minimum Gasteiger partial charge on any atom is -0.348 e. The molecule has 126 valence electrons. The van der Waals surface area contributed by atoms with Gasteiger partial charge in [0.25, 0.3) is 5.56 Å². The first-order chi connectivity index (χ1) is 12.7. The molecule has 0 atom stereocenters. The summed E-state index contributed by atoms with van der Waals surface area (Å²) < 4.78 is 0. The van der Waals surface area contributed by atoms with E-state index in [1.807, 2.05) is 31.2 Å². The van der Waals surface area contributed by atoms with Gasteiger partial charge in [-0.15, -0.1) is 0 Å². The molecule has 26 heavy (non-hydrogen) atoms. The van der Waals surface area contributed by atoms with E-state index in [-0.39, 0.29) is 5.56 Å². The molecule has 0 aliphatic rings. The molecule has 7 nitrogen and oxygen atoms in total. The Hall–Kier alpha value is -3.74. The van der Waals surface area contributed by atoms with Gasteiger partial charge in [-0.3, -0.25) is 14.8 Å². The summed E-state index contributed by atoms with van der Waals surface area (Å²) in [6, 6.07) is 7.62. The third-order valence-corrected chi connectivity index (χ3v) is 4.43. The molecule has 0 aliphatic heterocycles. The number of aromatic amines is 2. The molecule has 0 saturated heterocycles. The summed E-state index contributed by atoms with van der Waals surface area (Å²) in [6.07, 6.45) is 6.89. The van der Waals surface area contributed by atoms with Crippen molar-refractivity contribution in [1.82, 2.24) is 24.9 Å². The van der Waals surface area contributed by atoms with Crippen LogP contribution in [0.25, 0.3) is 32.7 Å². The van der Waals surface area contributed by atoms with E-state index < -0.39 is 0 Å². The first-order valence-electron chi connectivity index (χ1n) is 8.17. The fraction of sp³-hybridized carbons (Fsp3) is 0.0526. The summed E-state index contributed by atoms with van der Waals surface area (Å²) in [5.41, 5.74) is 3.74. The van der Waals surface area contributed by atoms with Gasteiger partial charge >= 0.3 is 0 Å². The van der Waals surface area contributed by atoms with Crippen LogP contribution in [0.2, 0.25) is 0 Å². The van der Waals surface area contributed by atoms with Gasteiger partial charge in [-0.25, -0.2) is 4.98 Å². The van der Waals surface area contributed by atoms with Crippen LogP contribution < -0.4 is 10.9 Å². The van der Waals surface area contributed by atoms with Crippen LogP contribution in [0.4, 0.5) is 11.5 Å². The number of nitrogens with zero attached hydrogens (tertiary/aromatic N) is 3. The highest BCUT2D eigenvalue weighted by Gasteiger charge is 2.15. The standard InChI is InChI=1S/C19H14N6O/c1-10-8-11(2-6-21-10)23-18-14-9-20-5-3-12(14)15-16(25-18)13-4-7-22-19(26)17(13)24-15/h2-9,24H,1H3,(H,22,26)(H,21,23,25). The summed E-state index contributed by atoms with van der Waals surface area (Å²) >= 11 is 0. The summed E-state index contributed by atoms with van der Waals surface area (Å²) in [5, 5.41) is 5.97. The minimum atomic E-state index is -0.165. The van der Waals surface area contributed by atoms with Crippen LogP contribution in [-0.2, 0) is 0 Å². The lowest BCUT2D eigenvalue weighted by atomic mass is 10.1. The molecule has 0 unspecified atom stereocenters. The highest BCUT2D eigenvalue weighted by Crippen LogP contribution is 2.33. The predicted octanol–water partition coefficient (Wildman–Crippen LogP) is 3.40. The second-order valence-electron chi connectivity index (χ2n) is 6.14. The summed E-state index contributed by atoms with van der Waals surface area (Å²) in [6.45, 7) is 1.94. The third-order valence-electron chi connectivity index (χ3n) is 4.43. The molecule has 5 aromatic rings. The summed E-state index contributed by atoms with van der Waals surface area (Å²) in [5.74, 6) is 0.687. The average Bonchev–Trinajstić information content (AvgIpc) is 3.02. The van der Waals surface area contributed by atoms with Gasteiger partial charge in [-0.05, 0) is 31.2 Å². The van der Waals surface area contributed by atoms with E-state index in [9.17, 15) is 4.79 Å². The molecule has 0 aromatic carbocycles. The zero-order valence-corrected chi connectivity index (χ0v) is 13.9. The van der Waals surface area contributed by atoms with Crippen molar-refractivity contribution in [3.63, 3.8) is 0 Å². The third kappa shape index (κ3) is 2.14. The Morgan fingerprint density at radius 1 is 1.04 bits per heavy atom. The lowest BCUT2D eigenvalue weighted by Gasteiger charge is -2.10. The van der Waals surface area contributed by atoms with Crippen LogP contribution in [0.1, 0.15) is 5.69 Å². The Morgan fingerprint density at radius 3 is 2.85 bits per heavy atom. The topological polar surface area (TPSA) is 99.3 Å². The fourth-order valence-corrected chi connectivity index (χ4v) is 3.26. The van der Waals surface area contributed by atoms with E-state index in [0.29, 0.717) is 11.3 Å². The highest BCUT2D eigenvalue weighted by atomic mass is 16.1. The maximum absolute atomic E-state index is 12.1. The molecule has 0 radical (unpaired) electrons. The Bertz CT molecular complexity index is 1350. The molecular weight excluding hydrogens is 328 g/mol. The first-order valence-corrected chi connectivity index (χ1v) is 8.17. The predicted molar refractivity (Wildman–Crippen MR) is 102 cm³/mol. The lowest BCUT2D eigenvalue weighted by Crippen LogP contribution is -2.03. The van der Waals surface area contributed by atoms with Gasteiger partial charge in [-0.1, -0.05) is 0 Å². The number of H-pyrrole nitrogens is 2. The molecule has 0 amide bonds. The van der Waals surface area contributed by atoms with Gasteiger partial charge in [0.15, 0.2) is 0 Å². The first kappa shape index (κ1) is 14.6. The smallest absolute Gasteiger partial charge is 0.272 e. The highest BCUT2D eigenvalue weighted by molar-refractivity contribution is 6.17. The zero-order valence-electron chi connectivity index (χ0n) is 13.9. The number of anilines is 2. The normalized spacial score (nSPS) is 11.4. The molecule has 5 heterocycles. The van der Waals surface area contributed by atoms with Crippen LogP contribution in [0.5, 0.6) is 0 Å². The Labute approximate surface area is 147 Å². The number of aryl methyl sites for hydroxylation is 1. The van der Waals surface area contributed by atoms with Gasteiger partial charge in [0.05, 0.1) is 11.0 Å². The number of hydrogen-bond acceptors (Lipinski definition) is 5. The molecule has 0 saturated carbocycles. The van der Waals surface area contributed by atoms with Crippen LogP contribution in [0.3, 0.4) is 0 Å². The molecule has 0 bridgehead atoms. The van der Waals surface area contributed by atoms with Gasteiger partial charge in [-0.2, -0.15) is 0 Å². The quantitative estimate of drug-likeness (QED) is 0.456. The van der Waals surface area contributed by atoms with Gasteiger partial charge in [0.1, 0.15) is 11.3 Å². The molecule has 0 fully saturated rings. The van der Waals surface area contributed by atoms with Gasteiger partial charge < -0.3 is 15.3 Å². The number of aromatic nitrogens is 5. The SMILES string of the molecule is Cc1cc(Nc2nc3c4cc[nH]c(=O)c4[nH]c3c3ccncc23)ccn1. The second-order valence-corrected chi connectivity index (χ2v) is 6.14. The zero-order chi connectivity index (χ0) is 17.7. The molecule has 0 spiro atoms. The van der Waals surface area contributed by atoms with E-state index in [1.54, 1.807) is 24.8 Å². The molecule has 7 heteroatoms. The van der Waals surface area contributed by atoms with Crippen molar-refractivity contribution < 1.29 is 0 Å². The lowest BCUT2D eigenvalue weighted by molar-refractivity contribution is 1.20. The molecule has 5 aromatic heterocycles. The number of nitrogens with one attached hydrogen (secondary N) is 3. The summed E-state index contributed by atoms with van der Waals surface area (Å²) in [7, 11) is 0. The molecule has 3 N–H and O–H groups in total. The van der Waals surface area contributed by atoms with Crippen molar-refractivity contribution in [3.8, 4) is 0 Å². The second kappa shape index (κ2) is 5.38. The number of pyridine rings is 4. The van der Waals surface area contributed by atoms with Crippen LogP contribution in [0, 0.1) is 6.92 Å². The van der Waals surface area contributed by atoms with Crippen molar-refractivity contribution in [3.05, 3.63) is 65.1 Å². The number of fused-ring (bicyclic) bond motifs is 5. The Balaban J connectivity index is 1.85. The summed E-state index contributed by atoms with van der Waals surface area (Å²) in [4.78, 5) is 31.3. The maximum Gasteiger partial charge on any atom is 0.272 e.